The number of rotatable bonds is 7. The molecule has 1 unspecified atom stereocenters. The Balaban J connectivity index is 2.78. The van der Waals surface area contributed by atoms with Gasteiger partial charge in [-0.25, -0.2) is 4.39 Å². The second kappa shape index (κ2) is 7.90. The normalized spacial score (nSPS) is 13.0. The molecule has 0 saturated heterocycles. The SMILES string of the molecule is CCNC(Cc1ccc(F)c(Br)c1)C(CC)CC. The van der Waals surface area contributed by atoms with Crippen molar-refractivity contribution in [3.63, 3.8) is 0 Å². The smallest absolute Gasteiger partial charge is 0.137 e. The van der Waals surface area contributed by atoms with Crippen LogP contribution in [-0.2, 0) is 6.42 Å². The van der Waals surface area contributed by atoms with Gasteiger partial charge < -0.3 is 5.32 Å². The van der Waals surface area contributed by atoms with Crippen LogP contribution in [0.1, 0.15) is 39.2 Å². The lowest BCUT2D eigenvalue weighted by Gasteiger charge is -2.26. The lowest BCUT2D eigenvalue weighted by Crippen LogP contribution is -2.37. The predicted octanol–water partition coefficient (Wildman–Crippen LogP) is 4.55. The summed E-state index contributed by atoms with van der Waals surface area (Å²) in [7, 11) is 0. The summed E-state index contributed by atoms with van der Waals surface area (Å²) in [5.41, 5.74) is 1.18. The Morgan fingerprint density at radius 3 is 2.39 bits per heavy atom. The van der Waals surface area contributed by atoms with Gasteiger partial charge in [0.25, 0.3) is 0 Å². The maximum atomic E-state index is 13.2. The first-order valence-corrected chi connectivity index (χ1v) is 7.58. The summed E-state index contributed by atoms with van der Waals surface area (Å²) in [5.74, 6) is 0.482. The van der Waals surface area contributed by atoms with Crippen LogP contribution in [-0.4, -0.2) is 12.6 Å². The van der Waals surface area contributed by atoms with Crippen LogP contribution < -0.4 is 5.32 Å². The number of likely N-dealkylation sites (N-methyl/N-ethyl adjacent to an activating group) is 1. The third-order valence-corrected chi connectivity index (χ3v) is 4.13. The number of benzene rings is 1. The number of halogens is 2. The van der Waals surface area contributed by atoms with E-state index in [1.807, 2.05) is 12.1 Å². The van der Waals surface area contributed by atoms with Crippen molar-refractivity contribution >= 4 is 15.9 Å². The van der Waals surface area contributed by atoms with Gasteiger partial charge in [-0.15, -0.1) is 0 Å². The lowest BCUT2D eigenvalue weighted by atomic mass is 9.89. The Bertz CT molecular complexity index is 364. The molecule has 0 radical (unpaired) electrons. The molecule has 1 N–H and O–H groups in total. The molecular weight excluding hydrogens is 293 g/mol. The third kappa shape index (κ3) is 4.36. The van der Waals surface area contributed by atoms with E-state index in [0.717, 1.165) is 13.0 Å². The molecule has 0 aliphatic heterocycles. The van der Waals surface area contributed by atoms with Crippen molar-refractivity contribution in [2.75, 3.05) is 6.54 Å². The van der Waals surface area contributed by atoms with Gasteiger partial charge in [-0.3, -0.25) is 0 Å². The Labute approximate surface area is 118 Å². The van der Waals surface area contributed by atoms with E-state index in [1.165, 1.54) is 24.5 Å². The van der Waals surface area contributed by atoms with Gasteiger partial charge >= 0.3 is 0 Å². The van der Waals surface area contributed by atoms with Gasteiger partial charge in [0.05, 0.1) is 4.47 Å². The summed E-state index contributed by atoms with van der Waals surface area (Å²) >= 11 is 3.25. The highest BCUT2D eigenvalue weighted by atomic mass is 79.9. The first-order chi connectivity index (χ1) is 8.62. The zero-order valence-electron chi connectivity index (χ0n) is 11.5. The molecule has 1 aromatic carbocycles. The molecular formula is C15H23BrFN. The molecule has 0 aliphatic rings. The Morgan fingerprint density at radius 2 is 1.89 bits per heavy atom. The van der Waals surface area contributed by atoms with Gasteiger partial charge in [0.15, 0.2) is 0 Å². The standard InChI is InChI=1S/C15H23BrFN/c1-4-12(5-2)15(18-6-3)10-11-7-8-14(17)13(16)9-11/h7-9,12,15,18H,4-6,10H2,1-3H3. The number of nitrogens with one attached hydrogen (secondary N) is 1. The number of hydrogen-bond acceptors (Lipinski definition) is 1. The Morgan fingerprint density at radius 1 is 1.22 bits per heavy atom. The molecule has 0 amide bonds. The van der Waals surface area contributed by atoms with E-state index >= 15 is 0 Å². The average molecular weight is 316 g/mol. The third-order valence-electron chi connectivity index (χ3n) is 3.52. The maximum absolute atomic E-state index is 13.2. The molecule has 0 aliphatic carbocycles. The van der Waals surface area contributed by atoms with Crippen LogP contribution in [0, 0.1) is 11.7 Å². The van der Waals surface area contributed by atoms with Crippen LogP contribution in [0.25, 0.3) is 0 Å². The van der Waals surface area contributed by atoms with Crippen LogP contribution in [0.4, 0.5) is 4.39 Å². The molecule has 0 bridgehead atoms. The molecule has 0 heterocycles. The molecule has 1 rings (SSSR count). The zero-order valence-corrected chi connectivity index (χ0v) is 13.1. The highest BCUT2D eigenvalue weighted by molar-refractivity contribution is 9.10. The Hall–Kier alpha value is -0.410. The topological polar surface area (TPSA) is 12.0 Å². The van der Waals surface area contributed by atoms with Crippen molar-refractivity contribution in [3.05, 3.63) is 34.1 Å². The van der Waals surface area contributed by atoms with Gasteiger partial charge in [-0.05, 0) is 52.5 Å². The van der Waals surface area contributed by atoms with Crippen LogP contribution in [0.2, 0.25) is 0 Å². The molecule has 0 fully saturated rings. The molecule has 1 atom stereocenters. The second-order valence-electron chi connectivity index (χ2n) is 4.69. The summed E-state index contributed by atoms with van der Waals surface area (Å²) in [6, 6.07) is 5.78. The molecule has 0 saturated carbocycles. The average Bonchev–Trinajstić information content (AvgIpc) is 2.35. The Kier molecular flexibility index (Phi) is 6.87. The van der Waals surface area contributed by atoms with Crippen molar-refractivity contribution < 1.29 is 4.39 Å². The monoisotopic (exact) mass is 315 g/mol. The summed E-state index contributed by atoms with van der Waals surface area (Å²) in [5, 5.41) is 3.56. The summed E-state index contributed by atoms with van der Waals surface area (Å²) in [6.07, 6.45) is 3.31. The molecule has 0 aromatic heterocycles. The van der Waals surface area contributed by atoms with Crippen molar-refractivity contribution in [3.8, 4) is 0 Å². The minimum Gasteiger partial charge on any atom is -0.314 e. The fraction of sp³-hybridized carbons (Fsp3) is 0.600. The van der Waals surface area contributed by atoms with E-state index < -0.39 is 0 Å². The van der Waals surface area contributed by atoms with E-state index in [0.29, 0.717) is 16.4 Å². The van der Waals surface area contributed by atoms with E-state index in [-0.39, 0.29) is 5.82 Å². The predicted molar refractivity (Wildman–Crippen MR) is 79.3 cm³/mol. The minimum absolute atomic E-state index is 0.193. The van der Waals surface area contributed by atoms with Gasteiger partial charge in [-0.1, -0.05) is 39.7 Å². The molecule has 1 nitrogen and oxygen atoms in total. The van der Waals surface area contributed by atoms with Gasteiger partial charge in [0.2, 0.25) is 0 Å². The van der Waals surface area contributed by atoms with Gasteiger partial charge in [0, 0.05) is 6.04 Å². The molecule has 18 heavy (non-hydrogen) atoms. The quantitative estimate of drug-likeness (QED) is 0.778. The van der Waals surface area contributed by atoms with Gasteiger partial charge in [0.1, 0.15) is 5.82 Å². The van der Waals surface area contributed by atoms with E-state index in [9.17, 15) is 4.39 Å². The summed E-state index contributed by atoms with van der Waals surface area (Å²) < 4.78 is 13.8. The maximum Gasteiger partial charge on any atom is 0.137 e. The zero-order chi connectivity index (χ0) is 13.5. The van der Waals surface area contributed by atoms with Crippen molar-refractivity contribution in [1.82, 2.24) is 5.32 Å². The second-order valence-corrected chi connectivity index (χ2v) is 5.55. The summed E-state index contributed by atoms with van der Waals surface area (Å²) in [4.78, 5) is 0. The van der Waals surface area contributed by atoms with Crippen molar-refractivity contribution in [2.45, 2.75) is 46.1 Å². The van der Waals surface area contributed by atoms with Crippen LogP contribution in [0.15, 0.2) is 22.7 Å². The highest BCUT2D eigenvalue weighted by Gasteiger charge is 2.18. The lowest BCUT2D eigenvalue weighted by molar-refractivity contribution is 0.336. The highest BCUT2D eigenvalue weighted by Crippen LogP contribution is 2.21. The summed E-state index contributed by atoms with van der Waals surface area (Å²) in [6.45, 7) is 7.58. The number of hydrogen-bond donors (Lipinski definition) is 1. The van der Waals surface area contributed by atoms with Crippen LogP contribution in [0.3, 0.4) is 0 Å². The van der Waals surface area contributed by atoms with Crippen molar-refractivity contribution in [1.29, 1.82) is 0 Å². The molecule has 102 valence electrons. The van der Waals surface area contributed by atoms with E-state index in [4.69, 9.17) is 0 Å². The van der Waals surface area contributed by atoms with E-state index in [2.05, 4.69) is 42.0 Å². The first-order valence-electron chi connectivity index (χ1n) is 6.79. The first kappa shape index (κ1) is 15.6. The largest absolute Gasteiger partial charge is 0.314 e. The molecule has 0 spiro atoms. The van der Waals surface area contributed by atoms with Crippen LogP contribution in [0.5, 0.6) is 0 Å². The van der Waals surface area contributed by atoms with Gasteiger partial charge in [-0.2, -0.15) is 0 Å². The van der Waals surface area contributed by atoms with Crippen molar-refractivity contribution in [2.24, 2.45) is 5.92 Å². The van der Waals surface area contributed by atoms with Crippen LogP contribution >= 0.6 is 15.9 Å². The molecule has 1 aromatic rings. The fourth-order valence-electron chi connectivity index (χ4n) is 2.45. The fourth-order valence-corrected chi connectivity index (χ4v) is 2.87. The minimum atomic E-state index is -0.193. The molecule has 3 heteroatoms. The van der Waals surface area contributed by atoms with E-state index in [1.54, 1.807) is 0 Å².